The SMILES string of the molecule is Cc1nnnn1C(Cc1ccccc1)C(=O)NC(C)CCO. The Morgan fingerprint density at radius 1 is 1.36 bits per heavy atom. The Hall–Kier alpha value is -2.28. The molecule has 2 aromatic rings. The molecule has 22 heavy (non-hydrogen) atoms. The van der Waals surface area contributed by atoms with Crippen LogP contribution in [0.2, 0.25) is 0 Å². The highest BCUT2D eigenvalue weighted by atomic mass is 16.3. The van der Waals surface area contributed by atoms with E-state index in [2.05, 4.69) is 20.8 Å². The minimum atomic E-state index is -0.515. The van der Waals surface area contributed by atoms with Gasteiger partial charge in [-0.1, -0.05) is 30.3 Å². The fraction of sp³-hybridized carbons (Fsp3) is 0.467. The summed E-state index contributed by atoms with van der Waals surface area (Å²) in [5.74, 6) is 0.436. The molecule has 0 bridgehead atoms. The lowest BCUT2D eigenvalue weighted by atomic mass is 10.0. The van der Waals surface area contributed by atoms with E-state index < -0.39 is 6.04 Å². The number of benzene rings is 1. The Morgan fingerprint density at radius 2 is 2.09 bits per heavy atom. The number of aliphatic hydroxyl groups excluding tert-OH is 1. The molecule has 0 fully saturated rings. The molecule has 0 aliphatic heterocycles. The first-order valence-corrected chi connectivity index (χ1v) is 7.31. The molecule has 2 rings (SSSR count). The van der Waals surface area contributed by atoms with Gasteiger partial charge in [-0.2, -0.15) is 0 Å². The van der Waals surface area contributed by atoms with E-state index in [1.54, 1.807) is 6.92 Å². The van der Waals surface area contributed by atoms with Crippen LogP contribution in [-0.2, 0) is 11.2 Å². The predicted octanol–water partition coefficient (Wildman–Crippen LogP) is 0.652. The summed E-state index contributed by atoms with van der Waals surface area (Å²) in [4.78, 5) is 12.6. The van der Waals surface area contributed by atoms with Gasteiger partial charge in [0.25, 0.3) is 0 Å². The predicted molar refractivity (Wildman–Crippen MR) is 81.0 cm³/mol. The molecule has 0 saturated heterocycles. The Labute approximate surface area is 129 Å². The van der Waals surface area contributed by atoms with Crippen molar-refractivity contribution in [2.24, 2.45) is 0 Å². The molecule has 118 valence electrons. The first-order valence-electron chi connectivity index (χ1n) is 7.31. The standard InChI is InChI=1S/C15H21N5O2/c1-11(8-9-21)16-15(22)14(20-12(2)17-18-19-20)10-13-6-4-3-5-7-13/h3-7,11,14,21H,8-10H2,1-2H3,(H,16,22). The molecule has 2 atom stereocenters. The molecule has 7 heteroatoms. The summed E-state index contributed by atoms with van der Waals surface area (Å²) >= 11 is 0. The second-order valence-electron chi connectivity index (χ2n) is 5.30. The number of carbonyl (C=O) groups excluding carboxylic acids is 1. The second kappa shape index (κ2) is 7.65. The zero-order chi connectivity index (χ0) is 15.9. The minimum Gasteiger partial charge on any atom is -0.396 e. The van der Waals surface area contributed by atoms with E-state index in [9.17, 15) is 4.79 Å². The van der Waals surface area contributed by atoms with E-state index in [0.717, 1.165) is 5.56 Å². The summed E-state index contributed by atoms with van der Waals surface area (Å²) in [6.45, 7) is 3.66. The van der Waals surface area contributed by atoms with Gasteiger partial charge in [0, 0.05) is 19.1 Å². The monoisotopic (exact) mass is 303 g/mol. The third-order valence-corrected chi connectivity index (χ3v) is 3.48. The van der Waals surface area contributed by atoms with Crippen molar-refractivity contribution in [3.63, 3.8) is 0 Å². The molecule has 0 spiro atoms. The molecular weight excluding hydrogens is 282 g/mol. The first-order chi connectivity index (χ1) is 10.6. The van der Waals surface area contributed by atoms with Gasteiger partial charge in [-0.15, -0.1) is 5.10 Å². The van der Waals surface area contributed by atoms with Crippen LogP contribution >= 0.6 is 0 Å². The molecular formula is C15H21N5O2. The van der Waals surface area contributed by atoms with Crippen LogP contribution < -0.4 is 5.32 Å². The Balaban J connectivity index is 2.18. The van der Waals surface area contributed by atoms with E-state index in [1.807, 2.05) is 37.3 Å². The lowest BCUT2D eigenvalue weighted by Gasteiger charge is -2.20. The summed E-state index contributed by atoms with van der Waals surface area (Å²) < 4.78 is 1.54. The number of nitrogens with one attached hydrogen (secondary N) is 1. The molecule has 7 nitrogen and oxygen atoms in total. The Kier molecular flexibility index (Phi) is 5.60. The number of aromatic nitrogens is 4. The van der Waals surface area contributed by atoms with Crippen LogP contribution in [0.25, 0.3) is 0 Å². The zero-order valence-corrected chi connectivity index (χ0v) is 12.8. The van der Waals surface area contributed by atoms with Gasteiger partial charge in [-0.3, -0.25) is 4.79 Å². The molecule has 1 aromatic carbocycles. The van der Waals surface area contributed by atoms with E-state index in [-0.39, 0.29) is 18.6 Å². The quantitative estimate of drug-likeness (QED) is 0.783. The average molecular weight is 303 g/mol. The van der Waals surface area contributed by atoms with E-state index in [1.165, 1.54) is 4.68 Å². The molecule has 0 aliphatic rings. The normalized spacial score (nSPS) is 13.6. The number of nitrogens with zero attached hydrogens (tertiary/aromatic N) is 4. The maximum absolute atomic E-state index is 12.6. The zero-order valence-electron chi connectivity index (χ0n) is 12.8. The number of carbonyl (C=O) groups is 1. The molecule has 0 saturated carbocycles. The summed E-state index contributed by atoms with van der Waals surface area (Å²) in [5.41, 5.74) is 1.03. The van der Waals surface area contributed by atoms with Crippen molar-refractivity contribution in [1.82, 2.24) is 25.5 Å². The third-order valence-electron chi connectivity index (χ3n) is 3.48. The van der Waals surface area contributed by atoms with E-state index >= 15 is 0 Å². The van der Waals surface area contributed by atoms with Crippen molar-refractivity contribution in [2.75, 3.05) is 6.61 Å². The van der Waals surface area contributed by atoms with Gasteiger partial charge in [-0.25, -0.2) is 4.68 Å². The smallest absolute Gasteiger partial charge is 0.245 e. The van der Waals surface area contributed by atoms with Gasteiger partial charge >= 0.3 is 0 Å². The minimum absolute atomic E-state index is 0.0364. The molecule has 0 radical (unpaired) electrons. The largest absolute Gasteiger partial charge is 0.396 e. The average Bonchev–Trinajstić information content (AvgIpc) is 2.92. The first kappa shape index (κ1) is 16.1. The van der Waals surface area contributed by atoms with Gasteiger partial charge in [-0.05, 0) is 36.3 Å². The highest BCUT2D eigenvalue weighted by Gasteiger charge is 2.25. The maximum atomic E-state index is 12.6. The van der Waals surface area contributed by atoms with Gasteiger partial charge in [0.05, 0.1) is 0 Å². The molecule has 1 aromatic heterocycles. The van der Waals surface area contributed by atoms with Gasteiger partial charge in [0.15, 0.2) is 0 Å². The Morgan fingerprint density at radius 3 is 2.68 bits per heavy atom. The van der Waals surface area contributed by atoms with Crippen molar-refractivity contribution in [3.8, 4) is 0 Å². The van der Waals surface area contributed by atoms with Crippen molar-refractivity contribution in [1.29, 1.82) is 0 Å². The van der Waals surface area contributed by atoms with Crippen LogP contribution in [0.5, 0.6) is 0 Å². The van der Waals surface area contributed by atoms with Crippen LogP contribution in [0.1, 0.15) is 30.8 Å². The summed E-state index contributed by atoms with van der Waals surface area (Å²) in [6, 6.07) is 9.13. The number of rotatable bonds is 7. The number of aryl methyl sites for hydroxylation is 1. The molecule has 1 heterocycles. The topological polar surface area (TPSA) is 92.9 Å². The van der Waals surface area contributed by atoms with Crippen molar-refractivity contribution >= 4 is 5.91 Å². The summed E-state index contributed by atoms with van der Waals surface area (Å²) in [7, 11) is 0. The second-order valence-corrected chi connectivity index (χ2v) is 5.30. The van der Waals surface area contributed by atoms with Crippen molar-refractivity contribution < 1.29 is 9.90 Å². The van der Waals surface area contributed by atoms with Crippen LogP contribution in [0.4, 0.5) is 0 Å². The molecule has 2 N–H and O–H groups in total. The number of aliphatic hydroxyl groups is 1. The van der Waals surface area contributed by atoms with Gasteiger partial charge < -0.3 is 10.4 Å². The van der Waals surface area contributed by atoms with Crippen LogP contribution in [-0.4, -0.2) is 43.9 Å². The summed E-state index contributed by atoms with van der Waals surface area (Å²) in [5, 5.41) is 23.3. The summed E-state index contributed by atoms with van der Waals surface area (Å²) in [6.07, 6.45) is 1.02. The molecule has 2 unspecified atom stereocenters. The third kappa shape index (κ3) is 4.11. The fourth-order valence-electron chi connectivity index (χ4n) is 2.26. The number of tetrazole rings is 1. The number of hydrogen-bond donors (Lipinski definition) is 2. The molecule has 1 amide bonds. The highest BCUT2D eigenvalue weighted by Crippen LogP contribution is 2.15. The molecule has 0 aliphatic carbocycles. The number of hydrogen-bond acceptors (Lipinski definition) is 5. The highest BCUT2D eigenvalue weighted by molar-refractivity contribution is 5.80. The fourth-order valence-corrected chi connectivity index (χ4v) is 2.26. The van der Waals surface area contributed by atoms with Crippen LogP contribution in [0, 0.1) is 6.92 Å². The van der Waals surface area contributed by atoms with E-state index in [4.69, 9.17) is 5.11 Å². The van der Waals surface area contributed by atoms with Crippen molar-refractivity contribution in [3.05, 3.63) is 41.7 Å². The van der Waals surface area contributed by atoms with Crippen molar-refractivity contribution in [2.45, 2.75) is 38.8 Å². The Bertz CT molecular complexity index is 599. The van der Waals surface area contributed by atoms with E-state index in [0.29, 0.717) is 18.7 Å². The van der Waals surface area contributed by atoms with Crippen LogP contribution in [0.15, 0.2) is 30.3 Å². The number of amides is 1. The maximum Gasteiger partial charge on any atom is 0.245 e. The van der Waals surface area contributed by atoms with Crippen LogP contribution in [0.3, 0.4) is 0 Å². The lowest BCUT2D eigenvalue weighted by Crippen LogP contribution is -2.40. The van der Waals surface area contributed by atoms with Gasteiger partial charge in [0.2, 0.25) is 5.91 Å². The van der Waals surface area contributed by atoms with Gasteiger partial charge in [0.1, 0.15) is 11.9 Å². The lowest BCUT2D eigenvalue weighted by molar-refractivity contribution is -0.125.